The lowest BCUT2D eigenvalue weighted by Gasteiger charge is -1.95. The van der Waals surface area contributed by atoms with Crippen LogP contribution in [0.15, 0.2) is 17.0 Å². The van der Waals surface area contributed by atoms with E-state index < -0.39 is 0 Å². The maximum Gasteiger partial charge on any atom is 0.223 e. The Kier molecular flexibility index (Phi) is 2.77. The van der Waals surface area contributed by atoms with E-state index in [1.165, 1.54) is 0 Å². The summed E-state index contributed by atoms with van der Waals surface area (Å²) in [6.07, 6.45) is 3.72. The van der Waals surface area contributed by atoms with Gasteiger partial charge in [-0.2, -0.15) is 4.98 Å². The van der Waals surface area contributed by atoms with Crippen molar-refractivity contribution in [3.63, 3.8) is 0 Å². The summed E-state index contributed by atoms with van der Waals surface area (Å²) in [6.45, 7) is 3.13. The van der Waals surface area contributed by atoms with Crippen molar-refractivity contribution in [3.05, 3.63) is 29.9 Å². The van der Waals surface area contributed by atoms with Crippen LogP contribution < -0.4 is 5.32 Å². The second-order valence-electron chi connectivity index (χ2n) is 3.30. The van der Waals surface area contributed by atoms with Crippen molar-refractivity contribution < 1.29 is 4.52 Å². The van der Waals surface area contributed by atoms with Crippen LogP contribution in [0.2, 0.25) is 0 Å². The van der Waals surface area contributed by atoms with Crippen molar-refractivity contribution in [3.8, 4) is 0 Å². The first-order valence-electron chi connectivity index (χ1n) is 4.72. The van der Waals surface area contributed by atoms with Gasteiger partial charge in [-0.25, -0.2) is 4.98 Å². The minimum Gasteiger partial charge on any atom is -0.340 e. The summed E-state index contributed by atoms with van der Waals surface area (Å²) in [5.41, 5.74) is 0.998. The van der Waals surface area contributed by atoms with Crippen molar-refractivity contribution in [2.24, 2.45) is 0 Å². The van der Waals surface area contributed by atoms with Gasteiger partial charge in [0.15, 0.2) is 5.82 Å². The third-order valence-corrected chi connectivity index (χ3v) is 1.94. The van der Waals surface area contributed by atoms with Crippen LogP contribution in [0.3, 0.4) is 0 Å². The molecule has 2 aromatic rings. The highest BCUT2D eigenvalue weighted by Gasteiger charge is 2.04. The zero-order valence-corrected chi connectivity index (χ0v) is 8.77. The average molecular weight is 207 g/mol. The monoisotopic (exact) mass is 207 g/mol. The second-order valence-corrected chi connectivity index (χ2v) is 3.30. The Labute approximate surface area is 87.3 Å². The van der Waals surface area contributed by atoms with Gasteiger partial charge in [-0.05, 0) is 7.05 Å². The highest BCUT2D eigenvalue weighted by atomic mass is 16.5. The van der Waals surface area contributed by atoms with Crippen LogP contribution >= 0.6 is 0 Å². The molecule has 1 N–H and O–H groups in total. The molecule has 15 heavy (non-hydrogen) atoms. The summed E-state index contributed by atoms with van der Waals surface area (Å²) in [5.74, 6) is 1.25. The van der Waals surface area contributed by atoms with Crippen molar-refractivity contribution in [2.45, 2.75) is 20.0 Å². The number of nitrogens with zero attached hydrogens (tertiary/aromatic N) is 4. The van der Waals surface area contributed by atoms with E-state index in [9.17, 15) is 0 Å². The normalized spacial score (nSPS) is 10.8. The summed E-state index contributed by atoms with van der Waals surface area (Å²) in [4.78, 5) is 8.34. The molecule has 0 aliphatic rings. The molecule has 0 atom stereocenters. The fourth-order valence-electron chi connectivity index (χ4n) is 1.33. The molecule has 2 aromatic heterocycles. The standard InChI is InChI=1S/C9H13N5O/c1-7-12-9(13-15-7)5-14-4-8(3-10-2)11-6-14/h4,6,10H,3,5H2,1-2H3. The number of imidazole rings is 1. The maximum absolute atomic E-state index is 4.88. The van der Waals surface area contributed by atoms with E-state index in [0.29, 0.717) is 18.3 Å². The van der Waals surface area contributed by atoms with Crippen LogP contribution in [0.1, 0.15) is 17.4 Å². The summed E-state index contributed by atoms with van der Waals surface area (Å²) in [5, 5.41) is 6.86. The number of aromatic nitrogens is 4. The van der Waals surface area contributed by atoms with Crippen molar-refractivity contribution in [1.29, 1.82) is 0 Å². The lowest BCUT2D eigenvalue weighted by atomic mass is 10.5. The topological polar surface area (TPSA) is 68.8 Å². The zero-order chi connectivity index (χ0) is 10.7. The highest BCUT2D eigenvalue weighted by Crippen LogP contribution is 2.01. The van der Waals surface area contributed by atoms with E-state index in [4.69, 9.17) is 4.52 Å². The van der Waals surface area contributed by atoms with Crippen LogP contribution in [-0.2, 0) is 13.1 Å². The third-order valence-electron chi connectivity index (χ3n) is 1.94. The first kappa shape index (κ1) is 9.85. The number of hydrogen-bond donors (Lipinski definition) is 1. The zero-order valence-electron chi connectivity index (χ0n) is 8.77. The van der Waals surface area contributed by atoms with E-state index in [0.717, 1.165) is 12.2 Å². The Morgan fingerprint density at radius 1 is 1.53 bits per heavy atom. The predicted molar refractivity (Wildman–Crippen MR) is 53.1 cm³/mol. The molecule has 0 spiro atoms. The fraction of sp³-hybridized carbons (Fsp3) is 0.444. The van der Waals surface area contributed by atoms with Crippen LogP contribution in [0.4, 0.5) is 0 Å². The van der Waals surface area contributed by atoms with E-state index in [2.05, 4.69) is 20.4 Å². The van der Waals surface area contributed by atoms with Crippen LogP contribution in [0, 0.1) is 6.92 Å². The Hall–Kier alpha value is -1.69. The molecule has 0 fully saturated rings. The Morgan fingerprint density at radius 2 is 2.40 bits per heavy atom. The van der Waals surface area contributed by atoms with Crippen molar-refractivity contribution >= 4 is 0 Å². The lowest BCUT2D eigenvalue weighted by Crippen LogP contribution is -2.05. The molecule has 0 bridgehead atoms. The van der Waals surface area contributed by atoms with Gasteiger partial charge in [0.1, 0.15) is 0 Å². The van der Waals surface area contributed by atoms with E-state index in [1.807, 2.05) is 17.8 Å². The average Bonchev–Trinajstić information content (AvgIpc) is 2.78. The van der Waals surface area contributed by atoms with Gasteiger partial charge in [0.25, 0.3) is 0 Å². The highest BCUT2D eigenvalue weighted by molar-refractivity contribution is 4.98. The molecular weight excluding hydrogens is 194 g/mol. The maximum atomic E-state index is 4.88. The van der Waals surface area contributed by atoms with E-state index >= 15 is 0 Å². The smallest absolute Gasteiger partial charge is 0.223 e. The van der Waals surface area contributed by atoms with Gasteiger partial charge >= 0.3 is 0 Å². The third kappa shape index (κ3) is 2.41. The lowest BCUT2D eigenvalue weighted by molar-refractivity contribution is 0.386. The molecule has 6 heteroatoms. The predicted octanol–water partition coefficient (Wildman–Crippen LogP) is 0.342. The van der Waals surface area contributed by atoms with Crippen molar-refractivity contribution in [2.75, 3.05) is 7.05 Å². The number of nitrogens with one attached hydrogen (secondary N) is 1. The number of hydrogen-bond acceptors (Lipinski definition) is 5. The Morgan fingerprint density at radius 3 is 3.07 bits per heavy atom. The van der Waals surface area contributed by atoms with Gasteiger partial charge in [-0.3, -0.25) is 0 Å². The first-order chi connectivity index (χ1) is 7.28. The molecule has 0 unspecified atom stereocenters. The molecule has 0 aliphatic carbocycles. The van der Waals surface area contributed by atoms with Gasteiger partial charge in [-0.1, -0.05) is 5.16 Å². The molecule has 0 aliphatic heterocycles. The quantitative estimate of drug-likeness (QED) is 0.783. The molecule has 6 nitrogen and oxygen atoms in total. The molecule has 0 radical (unpaired) electrons. The molecule has 0 saturated carbocycles. The molecular formula is C9H13N5O. The molecule has 2 heterocycles. The van der Waals surface area contributed by atoms with E-state index in [1.54, 1.807) is 13.3 Å². The number of aryl methyl sites for hydroxylation is 1. The Balaban J connectivity index is 2.04. The number of rotatable bonds is 4. The molecule has 0 amide bonds. The largest absolute Gasteiger partial charge is 0.340 e. The molecule has 2 rings (SSSR count). The molecule has 0 saturated heterocycles. The van der Waals surface area contributed by atoms with Gasteiger partial charge < -0.3 is 14.4 Å². The molecule has 80 valence electrons. The first-order valence-corrected chi connectivity index (χ1v) is 4.72. The SMILES string of the molecule is CNCc1cn(Cc2noc(C)n2)cn1. The fourth-order valence-corrected chi connectivity index (χ4v) is 1.33. The molecule has 0 aromatic carbocycles. The summed E-state index contributed by atoms with van der Waals surface area (Å²) < 4.78 is 6.81. The van der Waals surface area contributed by atoms with Crippen molar-refractivity contribution in [1.82, 2.24) is 25.0 Å². The minimum atomic E-state index is 0.584. The van der Waals surface area contributed by atoms with Gasteiger partial charge in [0, 0.05) is 19.7 Å². The van der Waals surface area contributed by atoms with Crippen LogP contribution in [-0.4, -0.2) is 26.7 Å². The Bertz CT molecular complexity index is 433. The van der Waals surface area contributed by atoms with Crippen LogP contribution in [0.5, 0.6) is 0 Å². The summed E-state index contributed by atoms with van der Waals surface area (Å²) in [7, 11) is 1.89. The van der Waals surface area contributed by atoms with Gasteiger partial charge in [-0.15, -0.1) is 0 Å². The minimum absolute atomic E-state index is 0.584. The summed E-state index contributed by atoms with van der Waals surface area (Å²) in [6, 6.07) is 0. The summed E-state index contributed by atoms with van der Waals surface area (Å²) >= 11 is 0. The van der Waals surface area contributed by atoms with Crippen LogP contribution in [0.25, 0.3) is 0 Å². The van der Waals surface area contributed by atoms with E-state index in [-0.39, 0.29) is 0 Å². The second kappa shape index (κ2) is 4.22. The van der Waals surface area contributed by atoms with Gasteiger partial charge in [0.05, 0.1) is 18.6 Å². The van der Waals surface area contributed by atoms with Gasteiger partial charge in [0.2, 0.25) is 5.89 Å².